The first-order chi connectivity index (χ1) is 13.7. The lowest BCUT2D eigenvalue weighted by Crippen LogP contribution is -2.17. The highest BCUT2D eigenvalue weighted by atomic mass is 16.6. The lowest BCUT2D eigenvalue weighted by Gasteiger charge is -2.22. The van der Waals surface area contributed by atoms with Crippen LogP contribution < -0.4 is 0 Å². The van der Waals surface area contributed by atoms with E-state index < -0.39 is 12.3 Å². The molecule has 0 radical (unpaired) electrons. The maximum Gasteiger partial charge on any atom is 0.333 e. The van der Waals surface area contributed by atoms with Gasteiger partial charge in [-0.1, -0.05) is 86.2 Å². The second-order valence-corrected chi connectivity index (χ2v) is 7.26. The van der Waals surface area contributed by atoms with Gasteiger partial charge in [0.25, 0.3) is 0 Å². The maximum atomic E-state index is 12.6. The first-order valence-corrected chi connectivity index (χ1v) is 9.81. The van der Waals surface area contributed by atoms with E-state index in [-0.39, 0.29) is 11.8 Å². The van der Waals surface area contributed by atoms with Crippen LogP contribution in [0.15, 0.2) is 72.3 Å². The quantitative estimate of drug-likeness (QED) is 0.431. The van der Waals surface area contributed by atoms with E-state index in [4.69, 9.17) is 4.74 Å². The number of allylic oxidation sites excluding steroid dienone is 3. The topological polar surface area (TPSA) is 46.5 Å². The van der Waals surface area contributed by atoms with Crippen LogP contribution in [-0.4, -0.2) is 17.4 Å². The van der Waals surface area contributed by atoms with Crippen LogP contribution in [0, 0.1) is 0 Å². The number of ether oxygens (including phenoxy) is 1. The van der Waals surface area contributed by atoms with Gasteiger partial charge >= 0.3 is 5.97 Å². The van der Waals surface area contributed by atoms with Crippen molar-refractivity contribution in [3.05, 3.63) is 94.6 Å². The summed E-state index contributed by atoms with van der Waals surface area (Å²) in [6, 6.07) is 16.5. The van der Waals surface area contributed by atoms with E-state index >= 15 is 0 Å². The molecule has 2 aromatic carbocycles. The molecule has 0 aliphatic heterocycles. The number of carbonyl (C=O) groups is 1. The molecule has 3 unspecified atom stereocenters. The summed E-state index contributed by atoms with van der Waals surface area (Å²) < 4.78 is 5.21. The molecule has 1 N–H and O–H groups in total. The molecule has 3 atom stereocenters. The molecule has 0 heterocycles. The monoisotopic (exact) mass is 372 g/mol. The molecule has 0 saturated carbocycles. The lowest BCUT2D eigenvalue weighted by molar-refractivity contribution is -0.162. The minimum absolute atomic E-state index is 0.00729. The zero-order valence-corrected chi connectivity index (χ0v) is 15.9. The third-order valence-corrected chi connectivity index (χ3v) is 5.39. The van der Waals surface area contributed by atoms with Gasteiger partial charge in [0.15, 0.2) is 0 Å². The van der Waals surface area contributed by atoms with Gasteiger partial charge in [0.1, 0.15) is 0 Å². The summed E-state index contributed by atoms with van der Waals surface area (Å²) in [5.74, 6) is -0.479. The molecule has 142 valence electrons. The molecule has 2 aliphatic carbocycles. The zero-order valence-electron chi connectivity index (χ0n) is 15.9. The van der Waals surface area contributed by atoms with Crippen LogP contribution in [0.25, 0.3) is 12.2 Å². The number of aliphatic hydroxyl groups is 1. The molecule has 2 aromatic rings. The third kappa shape index (κ3) is 3.58. The smallest absolute Gasteiger partial charge is 0.333 e. The Morgan fingerprint density at radius 3 is 2.07 bits per heavy atom. The zero-order chi connectivity index (χ0) is 19.5. The van der Waals surface area contributed by atoms with Crippen molar-refractivity contribution >= 4 is 18.1 Å². The average molecular weight is 372 g/mol. The van der Waals surface area contributed by atoms with Crippen molar-refractivity contribution in [3.63, 3.8) is 0 Å². The molecule has 0 aromatic heterocycles. The van der Waals surface area contributed by atoms with Gasteiger partial charge in [-0.3, -0.25) is 0 Å². The summed E-state index contributed by atoms with van der Waals surface area (Å²) >= 11 is 0. The van der Waals surface area contributed by atoms with Gasteiger partial charge in [-0.25, -0.2) is 4.79 Å². The summed E-state index contributed by atoms with van der Waals surface area (Å²) in [7, 11) is 0. The predicted octanol–water partition coefficient (Wildman–Crippen LogP) is 5.20. The molecular weight excluding hydrogens is 348 g/mol. The van der Waals surface area contributed by atoms with Crippen molar-refractivity contribution in [1.82, 2.24) is 0 Å². The first kappa shape index (κ1) is 18.5. The molecular formula is C25H24O3. The second kappa shape index (κ2) is 7.99. The summed E-state index contributed by atoms with van der Waals surface area (Å²) in [6.45, 7) is 1.94. The highest BCUT2D eigenvalue weighted by molar-refractivity contribution is 5.85. The van der Waals surface area contributed by atoms with Crippen LogP contribution in [0.5, 0.6) is 0 Å². The van der Waals surface area contributed by atoms with E-state index in [1.807, 2.05) is 31.2 Å². The summed E-state index contributed by atoms with van der Waals surface area (Å²) in [5, 5.41) is 9.88. The second-order valence-electron chi connectivity index (χ2n) is 7.26. The van der Waals surface area contributed by atoms with E-state index in [2.05, 4.69) is 48.6 Å². The van der Waals surface area contributed by atoms with Gasteiger partial charge < -0.3 is 9.84 Å². The first-order valence-electron chi connectivity index (χ1n) is 9.81. The number of aliphatic hydroxyl groups excluding tert-OH is 1. The van der Waals surface area contributed by atoms with E-state index in [1.165, 1.54) is 22.3 Å². The van der Waals surface area contributed by atoms with Crippen LogP contribution >= 0.6 is 0 Å². The minimum atomic E-state index is -1.06. The van der Waals surface area contributed by atoms with E-state index in [0.717, 1.165) is 12.0 Å². The fourth-order valence-corrected chi connectivity index (χ4v) is 4.06. The Kier molecular flexibility index (Phi) is 5.27. The Bertz CT molecular complexity index is 904. The molecule has 28 heavy (non-hydrogen) atoms. The molecule has 4 rings (SSSR count). The average Bonchev–Trinajstić information content (AvgIpc) is 3.31. The van der Waals surface area contributed by atoms with E-state index in [0.29, 0.717) is 6.42 Å². The van der Waals surface area contributed by atoms with Crippen molar-refractivity contribution in [2.75, 3.05) is 0 Å². The minimum Gasteiger partial charge on any atom is -0.433 e. The normalized spacial score (nSPS) is 19.8. The van der Waals surface area contributed by atoms with Crippen LogP contribution in [0.2, 0.25) is 0 Å². The van der Waals surface area contributed by atoms with Gasteiger partial charge in [0.05, 0.1) is 0 Å². The Balaban J connectivity index is 1.71. The van der Waals surface area contributed by atoms with Crippen LogP contribution in [-0.2, 0) is 9.53 Å². The fraction of sp³-hybridized carbons (Fsp3) is 0.240. The SMILES string of the molecule is CCCC(O)OC(=O)C=C(C1C=Cc2ccccc21)C1C=Cc2ccccc21. The van der Waals surface area contributed by atoms with Crippen molar-refractivity contribution in [3.8, 4) is 0 Å². The van der Waals surface area contributed by atoms with Gasteiger partial charge in [0.2, 0.25) is 6.29 Å². The van der Waals surface area contributed by atoms with E-state index in [1.54, 1.807) is 6.08 Å². The van der Waals surface area contributed by atoms with Gasteiger partial charge in [-0.05, 0) is 27.8 Å². The lowest BCUT2D eigenvalue weighted by atomic mass is 9.81. The largest absolute Gasteiger partial charge is 0.433 e. The number of hydrogen-bond donors (Lipinski definition) is 1. The molecule has 0 saturated heterocycles. The number of carbonyl (C=O) groups excluding carboxylic acids is 1. The standard InChI is InChI=1S/C25H24O3/c1-2-7-24(26)28-25(27)16-23(21-14-12-17-8-3-5-10-19(17)21)22-15-13-18-9-4-6-11-20(18)22/h3-6,8-16,21-22,24,26H,2,7H2,1H3. The number of benzene rings is 2. The summed E-state index contributed by atoms with van der Waals surface area (Å²) in [5.41, 5.74) is 5.69. The molecule has 2 aliphatic rings. The van der Waals surface area contributed by atoms with Gasteiger partial charge in [-0.2, -0.15) is 0 Å². The highest BCUT2D eigenvalue weighted by Gasteiger charge is 2.30. The Morgan fingerprint density at radius 2 is 1.54 bits per heavy atom. The van der Waals surface area contributed by atoms with Gasteiger partial charge in [0, 0.05) is 24.3 Å². The van der Waals surface area contributed by atoms with E-state index in [9.17, 15) is 9.90 Å². The Labute approximate surface area is 165 Å². The highest BCUT2D eigenvalue weighted by Crippen LogP contribution is 2.45. The molecule has 0 bridgehead atoms. The fourth-order valence-electron chi connectivity index (χ4n) is 4.06. The maximum absolute atomic E-state index is 12.6. The third-order valence-electron chi connectivity index (χ3n) is 5.39. The Hall–Kier alpha value is -2.91. The number of rotatable bonds is 6. The molecule has 0 fully saturated rings. The van der Waals surface area contributed by atoms with Crippen molar-refractivity contribution < 1.29 is 14.6 Å². The molecule has 0 spiro atoms. The Morgan fingerprint density at radius 1 is 1.00 bits per heavy atom. The van der Waals surface area contributed by atoms with Crippen molar-refractivity contribution in [2.24, 2.45) is 0 Å². The van der Waals surface area contributed by atoms with Crippen LogP contribution in [0.1, 0.15) is 53.9 Å². The number of esters is 1. The molecule has 3 nitrogen and oxygen atoms in total. The van der Waals surface area contributed by atoms with Crippen molar-refractivity contribution in [2.45, 2.75) is 37.9 Å². The number of hydrogen-bond acceptors (Lipinski definition) is 3. The van der Waals surface area contributed by atoms with Crippen LogP contribution in [0.3, 0.4) is 0 Å². The molecule has 3 heteroatoms. The van der Waals surface area contributed by atoms with Crippen molar-refractivity contribution in [1.29, 1.82) is 0 Å². The molecule has 0 amide bonds. The number of fused-ring (bicyclic) bond motifs is 2. The summed E-state index contributed by atoms with van der Waals surface area (Å²) in [6.07, 6.45) is 10.2. The van der Waals surface area contributed by atoms with Crippen LogP contribution in [0.4, 0.5) is 0 Å². The van der Waals surface area contributed by atoms with Gasteiger partial charge in [-0.15, -0.1) is 0 Å². The summed E-state index contributed by atoms with van der Waals surface area (Å²) in [4.78, 5) is 12.6. The predicted molar refractivity (Wildman–Crippen MR) is 112 cm³/mol.